The molecule has 0 aliphatic heterocycles. The van der Waals surface area contributed by atoms with E-state index >= 15 is 0 Å². The van der Waals surface area contributed by atoms with Gasteiger partial charge in [-0.3, -0.25) is 4.79 Å². The molecule has 0 radical (unpaired) electrons. The molecular formula is C25H33ClO7. The summed E-state index contributed by atoms with van der Waals surface area (Å²) in [4.78, 5) is 37.8. The number of halogens is 1. The molecule has 33 heavy (non-hydrogen) atoms. The number of aliphatic hydroxyl groups excluding tert-OH is 1. The molecule has 0 saturated heterocycles. The van der Waals surface area contributed by atoms with Gasteiger partial charge < -0.3 is 19.3 Å². The van der Waals surface area contributed by atoms with Crippen molar-refractivity contribution in [1.29, 1.82) is 0 Å². The molecule has 7 atom stereocenters. The van der Waals surface area contributed by atoms with Crippen LogP contribution < -0.4 is 0 Å². The summed E-state index contributed by atoms with van der Waals surface area (Å²) in [5, 5.41) is 11.5. The van der Waals surface area contributed by atoms with E-state index in [1.54, 1.807) is 12.2 Å². The quantitative estimate of drug-likeness (QED) is 0.462. The number of alkyl halides is 1. The van der Waals surface area contributed by atoms with Crippen molar-refractivity contribution in [3.05, 3.63) is 23.8 Å². The largest absolute Gasteiger partial charge is 0.509 e. The van der Waals surface area contributed by atoms with Crippen LogP contribution in [0.1, 0.15) is 59.3 Å². The van der Waals surface area contributed by atoms with Crippen LogP contribution >= 0.6 is 11.6 Å². The zero-order valence-corrected chi connectivity index (χ0v) is 20.2. The lowest BCUT2D eigenvalue weighted by Gasteiger charge is -2.59. The second kappa shape index (κ2) is 8.73. The number of carbonyl (C=O) groups is 3. The van der Waals surface area contributed by atoms with E-state index in [0.717, 1.165) is 18.4 Å². The average molecular weight is 481 g/mol. The minimum Gasteiger partial charge on any atom is -0.446 e. The van der Waals surface area contributed by atoms with Gasteiger partial charge in [-0.05, 0) is 62.5 Å². The topological polar surface area (TPSA) is 99.1 Å². The van der Waals surface area contributed by atoms with Gasteiger partial charge in [-0.1, -0.05) is 44.0 Å². The molecule has 1 N–H and O–H groups in total. The Morgan fingerprint density at radius 2 is 2.00 bits per heavy atom. The van der Waals surface area contributed by atoms with Crippen LogP contribution in [0.4, 0.5) is 4.79 Å². The van der Waals surface area contributed by atoms with E-state index in [1.807, 2.05) is 19.9 Å². The molecule has 4 rings (SSSR count). The van der Waals surface area contributed by atoms with Crippen molar-refractivity contribution in [2.24, 2.45) is 28.6 Å². The Hall–Kier alpha value is -1.86. The zero-order chi connectivity index (χ0) is 24.0. The Morgan fingerprint density at radius 1 is 1.24 bits per heavy atom. The normalized spacial score (nSPS) is 41.4. The van der Waals surface area contributed by atoms with Crippen molar-refractivity contribution in [2.45, 2.75) is 71.0 Å². The van der Waals surface area contributed by atoms with E-state index < -0.39 is 34.7 Å². The minimum atomic E-state index is -1.57. The number of carbonyl (C=O) groups excluding carboxylic acids is 3. The number of ether oxygens (including phenoxy) is 3. The third-order valence-electron chi connectivity index (χ3n) is 8.81. The first-order valence-corrected chi connectivity index (χ1v) is 12.4. The Morgan fingerprint density at radius 3 is 2.70 bits per heavy atom. The lowest BCUT2D eigenvalue weighted by Crippen LogP contribution is -2.62. The second-order valence-electron chi connectivity index (χ2n) is 10.3. The number of ketones is 1. The molecule has 0 aromatic heterocycles. The van der Waals surface area contributed by atoms with E-state index in [-0.39, 0.29) is 49.1 Å². The Bertz CT molecular complexity index is 897. The fourth-order valence-electron chi connectivity index (χ4n) is 7.38. The van der Waals surface area contributed by atoms with Gasteiger partial charge in [0.15, 0.2) is 11.8 Å². The molecule has 3 fully saturated rings. The van der Waals surface area contributed by atoms with Crippen LogP contribution in [-0.2, 0) is 23.8 Å². The summed E-state index contributed by atoms with van der Waals surface area (Å²) in [6, 6.07) is -0.353. The molecule has 0 spiro atoms. The lowest BCUT2D eigenvalue weighted by molar-refractivity contribution is -0.199. The monoisotopic (exact) mass is 480 g/mol. The number of aliphatic hydroxyl groups is 1. The van der Waals surface area contributed by atoms with Crippen LogP contribution in [0.25, 0.3) is 0 Å². The first kappa shape index (κ1) is 24.3. The van der Waals surface area contributed by atoms with Crippen LogP contribution in [0.15, 0.2) is 23.8 Å². The highest BCUT2D eigenvalue weighted by atomic mass is 35.5. The second-order valence-corrected chi connectivity index (χ2v) is 10.5. The van der Waals surface area contributed by atoms with E-state index in [0.29, 0.717) is 12.8 Å². The van der Waals surface area contributed by atoms with Gasteiger partial charge in [0, 0.05) is 16.7 Å². The maximum absolute atomic E-state index is 13.3. The highest BCUT2D eigenvalue weighted by Gasteiger charge is 2.71. The first-order chi connectivity index (χ1) is 15.6. The molecule has 0 aromatic rings. The van der Waals surface area contributed by atoms with Crippen LogP contribution in [0.3, 0.4) is 0 Å². The number of hydrogen-bond acceptors (Lipinski definition) is 7. The van der Waals surface area contributed by atoms with Crippen LogP contribution in [0.2, 0.25) is 0 Å². The van der Waals surface area contributed by atoms with Crippen molar-refractivity contribution in [3.63, 3.8) is 0 Å². The number of esters is 1. The van der Waals surface area contributed by atoms with Crippen LogP contribution in [-0.4, -0.2) is 47.4 Å². The van der Waals surface area contributed by atoms with Crippen LogP contribution in [0, 0.1) is 28.6 Å². The fraction of sp³-hybridized carbons (Fsp3) is 0.720. The van der Waals surface area contributed by atoms with Gasteiger partial charge in [0.2, 0.25) is 5.60 Å². The van der Waals surface area contributed by atoms with E-state index in [9.17, 15) is 19.5 Å². The molecule has 0 aromatic carbocycles. The summed E-state index contributed by atoms with van der Waals surface area (Å²) >= 11 is 5.72. The summed E-state index contributed by atoms with van der Waals surface area (Å²) in [5.74, 6) is -0.671. The van der Waals surface area contributed by atoms with Gasteiger partial charge >= 0.3 is 12.1 Å². The molecule has 0 unspecified atom stereocenters. The molecule has 3 saturated carbocycles. The van der Waals surface area contributed by atoms with Gasteiger partial charge in [-0.25, -0.2) is 9.59 Å². The van der Waals surface area contributed by atoms with Crippen LogP contribution in [0.5, 0.6) is 0 Å². The van der Waals surface area contributed by atoms with Crippen molar-refractivity contribution in [1.82, 2.24) is 0 Å². The molecular weight excluding hydrogens is 448 g/mol. The van der Waals surface area contributed by atoms with E-state index in [4.69, 9.17) is 25.8 Å². The molecule has 4 aliphatic rings. The predicted molar refractivity (Wildman–Crippen MR) is 120 cm³/mol. The Labute approximate surface area is 199 Å². The number of hydrogen-bond donors (Lipinski definition) is 1. The third kappa shape index (κ3) is 3.63. The van der Waals surface area contributed by atoms with Gasteiger partial charge in [0.05, 0.1) is 12.7 Å². The molecule has 7 nitrogen and oxygen atoms in total. The SMILES string of the molecule is CCCOC(=O)O[C@]1(C(=O)OCCl)CC[C@H]2[C@@H]3CCC4=CC(=O)C=C[C@]4(C)[C@H]3[C@@H](O)C[C@@]21C. The zero-order valence-electron chi connectivity index (χ0n) is 19.5. The highest BCUT2D eigenvalue weighted by Crippen LogP contribution is 2.68. The summed E-state index contributed by atoms with van der Waals surface area (Å²) in [5.41, 5.74) is -1.77. The smallest absolute Gasteiger partial charge is 0.446 e. The first-order valence-electron chi connectivity index (χ1n) is 11.8. The summed E-state index contributed by atoms with van der Waals surface area (Å²) in [7, 11) is 0. The molecule has 4 aliphatic carbocycles. The van der Waals surface area contributed by atoms with E-state index in [2.05, 4.69) is 6.92 Å². The predicted octanol–water partition coefficient (Wildman–Crippen LogP) is 4.31. The minimum absolute atomic E-state index is 0.0150. The number of fused-ring (bicyclic) bond motifs is 5. The van der Waals surface area contributed by atoms with Gasteiger partial charge in [-0.2, -0.15) is 0 Å². The summed E-state index contributed by atoms with van der Waals surface area (Å²) in [6.45, 7) is 6.06. The van der Waals surface area contributed by atoms with E-state index in [1.165, 1.54) is 0 Å². The standard InChI is InChI=1S/C25H33ClO7/c1-4-11-31-22(30)33-25(21(29)32-14-26)10-8-18-17-6-5-15-12-16(27)7-9-23(15,2)20(17)19(28)13-24(18,25)3/h7,9,12,17-20,28H,4-6,8,10-11,13-14H2,1-3H3/t17-,18-,19-,20+,23-,24-,25-/m0/s1. The molecule has 8 heteroatoms. The Balaban J connectivity index is 1.71. The highest BCUT2D eigenvalue weighted by molar-refractivity contribution is 6.17. The lowest BCUT2D eigenvalue weighted by atomic mass is 9.46. The fourth-order valence-corrected chi connectivity index (χ4v) is 7.48. The molecule has 0 amide bonds. The van der Waals surface area contributed by atoms with Gasteiger partial charge in [0.1, 0.15) is 0 Å². The maximum Gasteiger partial charge on any atom is 0.509 e. The molecule has 0 heterocycles. The third-order valence-corrected chi connectivity index (χ3v) is 8.92. The van der Waals surface area contributed by atoms with Crippen molar-refractivity contribution < 1.29 is 33.7 Å². The Kier molecular flexibility index (Phi) is 6.42. The number of rotatable bonds is 5. The summed E-state index contributed by atoms with van der Waals surface area (Å²) in [6.07, 6.45) is 6.97. The maximum atomic E-state index is 13.3. The average Bonchev–Trinajstić information content (AvgIpc) is 3.05. The van der Waals surface area contributed by atoms with Crippen molar-refractivity contribution in [3.8, 4) is 0 Å². The molecule has 182 valence electrons. The van der Waals surface area contributed by atoms with Crippen molar-refractivity contribution in [2.75, 3.05) is 12.7 Å². The summed E-state index contributed by atoms with van der Waals surface area (Å²) < 4.78 is 16.1. The van der Waals surface area contributed by atoms with Gasteiger partial charge in [0.25, 0.3) is 0 Å². The molecule has 0 bridgehead atoms. The number of allylic oxidation sites excluding steroid dienone is 4. The van der Waals surface area contributed by atoms with Gasteiger partial charge in [-0.15, -0.1) is 0 Å². The van der Waals surface area contributed by atoms with Crippen molar-refractivity contribution >= 4 is 29.5 Å².